The third-order valence-corrected chi connectivity index (χ3v) is 6.13. The lowest BCUT2D eigenvalue weighted by Gasteiger charge is -2.29. The van der Waals surface area contributed by atoms with Crippen molar-refractivity contribution in [1.29, 1.82) is 0 Å². The van der Waals surface area contributed by atoms with E-state index in [1.165, 1.54) is 28.8 Å². The SMILES string of the molecule is COC(=O)c1cc(NC(=O)C23CCC(=O)N2c2ccccc2S3)ccc1F. The van der Waals surface area contributed by atoms with Crippen LogP contribution in [-0.4, -0.2) is 29.8 Å². The molecule has 8 heteroatoms. The number of esters is 1. The third-order valence-electron chi connectivity index (χ3n) is 4.66. The molecule has 0 radical (unpaired) electrons. The van der Waals surface area contributed by atoms with Gasteiger partial charge in [-0.05, 0) is 36.8 Å². The van der Waals surface area contributed by atoms with E-state index in [0.717, 1.165) is 23.8 Å². The van der Waals surface area contributed by atoms with Gasteiger partial charge in [-0.25, -0.2) is 9.18 Å². The van der Waals surface area contributed by atoms with Crippen LogP contribution >= 0.6 is 11.8 Å². The molecule has 1 unspecified atom stereocenters. The molecular formula is C19H15FN2O4S. The average Bonchev–Trinajstić information content (AvgIpc) is 3.18. The topological polar surface area (TPSA) is 75.7 Å². The van der Waals surface area contributed by atoms with Crippen molar-refractivity contribution in [3.8, 4) is 0 Å². The standard InChI is InChI=1S/C19H15FN2O4S/c1-26-17(24)12-10-11(6-7-13(12)20)21-18(25)19-9-8-16(23)22(19)14-4-2-3-5-15(14)27-19/h2-7,10H,8-9H2,1H3,(H,21,25). The van der Waals surface area contributed by atoms with Gasteiger partial charge in [-0.2, -0.15) is 0 Å². The zero-order valence-corrected chi connectivity index (χ0v) is 15.1. The molecule has 1 saturated heterocycles. The van der Waals surface area contributed by atoms with Gasteiger partial charge in [0.15, 0.2) is 4.87 Å². The van der Waals surface area contributed by atoms with Crippen molar-refractivity contribution in [3.63, 3.8) is 0 Å². The van der Waals surface area contributed by atoms with Crippen molar-refractivity contribution in [2.45, 2.75) is 22.6 Å². The summed E-state index contributed by atoms with van der Waals surface area (Å²) in [6.07, 6.45) is 0.633. The predicted octanol–water partition coefficient (Wildman–Crippen LogP) is 3.18. The van der Waals surface area contributed by atoms with Crippen LogP contribution in [-0.2, 0) is 14.3 Å². The number of hydrogen-bond donors (Lipinski definition) is 1. The summed E-state index contributed by atoms with van der Waals surface area (Å²) in [5, 5.41) is 2.72. The third kappa shape index (κ3) is 2.68. The van der Waals surface area contributed by atoms with Crippen molar-refractivity contribution in [2.75, 3.05) is 17.3 Å². The molecule has 1 atom stereocenters. The fourth-order valence-corrected chi connectivity index (χ4v) is 4.81. The maximum absolute atomic E-state index is 13.8. The van der Waals surface area contributed by atoms with Crippen LogP contribution in [0.3, 0.4) is 0 Å². The number of ether oxygens (including phenoxy) is 1. The number of thioether (sulfide) groups is 1. The number of nitrogens with zero attached hydrogens (tertiary/aromatic N) is 1. The van der Waals surface area contributed by atoms with Gasteiger partial charge in [0.1, 0.15) is 5.82 Å². The highest BCUT2D eigenvalue weighted by Crippen LogP contribution is 2.56. The first-order valence-corrected chi connectivity index (χ1v) is 9.08. The van der Waals surface area contributed by atoms with E-state index >= 15 is 0 Å². The van der Waals surface area contributed by atoms with Crippen LogP contribution in [0.2, 0.25) is 0 Å². The van der Waals surface area contributed by atoms with Crippen LogP contribution in [0.4, 0.5) is 15.8 Å². The molecule has 27 heavy (non-hydrogen) atoms. The summed E-state index contributed by atoms with van der Waals surface area (Å²) in [6, 6.07) is 11.0. The molecule has 0 saturated carbocycles. The highest BCUT2D eigenvalue weighted by Gasteiger charge is 2.57. The number of rotatable bonds is 3. The fourth-order valence-electron chi connectivity index (χ4n) is 3.40. The van der Waals surface area contributed by atoms with E-state index in [1.807, 2.05) is 24.3 Å². The maximum Gasteiger partial charge on any atom is 0.340 e. The van der Waals surface area contributed by atoms with Crippen molar-refractivity contribution in [2.24, 2.45) is 0 Å². The second kappa shape index (κ2) is 6.38. The van der Waals surface area contributed by atoms with Gasteiger partial charge >= 0.3 is 5.97 Å². The summed E-state index contributed by atoms with van der Waals surface area (Å²) in [6.45, 7) is 0. The van der Waals surface area contributed by atoms with Gasteiger partial charge in [0, 0.05) is 17.0 Å². The molecule has 2 aliphatic rings. The Balaban J connectivity index is 1.66. The van der Waals surface area contributed by atoms with Crippen LogP contribution in [0.15, 0.2) is 47.4 Å². The second-order valence-electron chi connectivity index (χ2n) is 6.22. The predicted molar refractivity (Wildman–Crippen MR) is 98.1 cm³/mol. The number of hydrogen-bond acceptors (Lipinski definition) is 5. The number of methoxy groups -OCH3 is 1. The van der Waals surface area contributed by atoms with E-state index in [0.29, 0.717) is 6.42 Å². The fraction of sp³-hybridized carbons (Fsp3) is 0.211. The first kappa shape index (κ1) is 17.5. The number of halogens is 1. The normalized spacial score (nSPS) is 20.2. The van der Waals surface area contributed by atoms with Gasteiger partial charge < -0.3 is 10.1 Å². The van der Waals surface area contributed by atoms with Gasteiger partial charge in [0.25, 0.3) is 5.91 Å². The Morgan fingerprint density at radius 3 is 2.81 bits per heavy atom. The lowest BCUT2D eigenvalue weighted by atomic mass is 10.1. The van der Waals surface area contributed by atoms with Gasteiger partial charge in [-0.3, -0.25) is 14.5 Å². The van der Waals surface area contributed by atoms with Crippen LogP contribution in [0, 0.1) is 5.82 Å². The minimum Gasteiger partial charge on any atom is -0.465 e. The number of para-hydroxylation sites is 1. The Kier molecular flexibility index (Phi) is 4.15. The van der Waals surface area contributed by atoms with Gasteiger partial charge in [0.05, 0.1) is 18.4 Å². The first-order chi connectivity index (χ1) is 13.0. The summed E-state index contributed by atoms with van der Waals surface area (Å²) in [7, 11) is 1.15. The van der Waals surface area contributed by atoms with E-state index in [2.05, 4.69) is 10.1 Å². The number of fused-ring (bicyclic) bond motifs is 3. The molecule has 0 spiro atoms. The maximum atomic E-state index is 13.8. The number of anilines is 2. The quantitative estimate of drug-likeness (QED) is 0.820. The number of amides is 2. The van der Waals surface area contributed by atoms with Gasteiger partial charge in [0.2, 0.25) is 5.91 Å². The summed E-state index contributed by atoms with van der Waals surface area (Å²) < 4.78 is 18.4. The van der Waals surface area contributed by atoms with Crippen LogP contribution in [0.25, 0.3) is 0 Å². The Morgan fingerprint density at radius 1 is 1.26 bits per heavy atom. The lowest BCUT2D eigenvalue weighted by Crippen LogP contribution is -2.49. The summed E-state index contributed by atoms with van der Waals surface area (Å²) in [4.78, 5) is 38.5. The zero-order chi connectivity index (χ0) is 19.2. The molecule has 0 bridgehead atoms. The first-order valence-electron chi connectivity index (χ1n) is 8.27. The number of nitrogens with one attached hydrogen (secondary N) is 1. The monoisotopic (exact) mass is 386 g/mol. The molecule has 2 aliphatic heterocycles. The summed E-state index contributed by atoms with van der Waals surface area (Å²) in [5.74, 6) is -2.07. The van der Waals surface area contributed by atoms with Crippen LogP contribution in [0.5, 0.6) is 0 Å². The van der Waals surface area contributed by atoms with Gasteiger partial charge in [-0.1, -0.05) is 23.9 Å². The number of carbonyl (C=O) groups is 3. The van der Waals surface area contributed by atoms with Crippen molar-refractivity contribution in [1.82, 2.24) is 0 Å². The Bertz CT molecular complexity index is 980. The average molecular weight is 386 g/mol. The van der Waals surface area contributed by atoms with Crippen LogP contribution in [0.1, 0.15) is 23.2 Å². The number of benzene rings is 2. The minimum absolute atomic E-state index is 0.114. The smallest absolute Gasteiger partial charge is 0.340 e. The largest absolute Gasteiger partial charge is 0.465 e. The molecule has 6 nitrogen and oxygen atoms in total. The minimum atomic E-state index is -1.08. The molecular weight excluding hydrogens is 371 g/mol. The van der Waals surface area contributed by atoms with Gasteiger partial charge in [-0.15, -0.1) is 0 Å². The lowest BCUT2D eigenvalue weighted by molar-refractivity contribution is -0.121. The molecule has 1 fully saturated rings. The molecule has 2 aromatic rings. The van der Waals surface area contributed by atoms with Crippen LogP contribution < -0.4 is 10.2 Å². The molecule has 0 aromatic heterocycles. The Labute approximate surface area is 158 Å². The van der Waals surface area contributed by atoms with E-state index < -0.39 is 22.6 Å². The molecule has 2 aromatic carbocycles. The van der Waals surface area contributed by atoms with Crippen molar-refractivity contribution in [3.05, 3.63) is 53.8 Å². The molecule has 2 amide bonds. The number of carbonyl (C=O) groups excluding carboxylic acids is 3. The molecule has 0 aliphatic carbocycles. The molecule has 2 heterocycles. The van der Waals surface area contributed by atoms with E-state index in [4.69, 9.17) is 0 Å². The van der Waals surface area contributed by atoms with Crippen molar-refractivity contribution >= 4 is 40.9 Å². The van der Waals surface area contributed by atoms with Crippen molar-refractivity contribution < 1.29 is 23.5 Å². The zero-order valence-electron chi connectivity index (χ0n) is 14.3. The second-order valence-corrected chi connectivity index (χ2v) is 7.54. The highest BCUT2D eigenvalue weighted by atomic mass is 32.2. The highest BCUT2D eigenvalue weighted by molar-refractivity contribution is 8.02. The van der Waals surface area contributed by atoms with E-state index in [9.17, 15) is 18.8 Å². The molecule has 4 rings (SSSR count). The Hall–Kier alpha value is -2.87. The summed E-state index contributed by atoms with van der Waals surface area (Å²) in [5.41, 5.74) is 0.705. The summed E-state index contributed by atoms with van der Waals surface area (Å²) >= 11 is 1.33. The molecule has 138 valence electrons. The van der Waals surface area contributed by atoms with E-state index in [1.54, 1.807) is 0 Å². The van der Waals surface area contributed by atoms with E-state index in [-0.39, 0.29) is 23.6 Å². The molecule has 1 N–H and O–H groups in total. The Morgan fingerprint density at radius 2 is 2.04 bits per heavy atom.